The number of nitrogens with one attached hydrogen (secondary N) is 2. The van der Waals surface area contributed by atoms with Gasteiger partial charge in [-0.3, -0.25) is 9.78 Å². The lowest BCUT2D eigenvalue weighted by Crippen LogP contribution is -2.09. The summed E-state index contributed by atoms with van der Waals surface area (Å²) in [6.07, 6.45) is 3.52. The van der Waals surface area contributed by atoms with E-state index in [-0.39, 0.29) is 11.9 Å². The van der Waals surface area contributed by atoms with Crippen LogP contribution in [0, 0.1) is 0 Å². The summed E-state index contributed by atoms with van der Waals surface area (Å²) in [7, 11) is 0. The second-order valence-corrected chi connectivity index (χ2v) is 5.48. The molecule has 0 aliphatic rings. The SMILES string of the molecule is CC(=O)Nc1cccc(C(C)Nc2cncc(Br)c2)c1. The molecule has 0 fully saturated rings. The van der Waals surface area contributed by atoms with E-state index in [1.807, 2.05) is 30.3 Å². The average Bonchev–Trinajstić information content (AvgIpc) is 2.38. The van der Waals surface area contributed by atoms with Gasteiger partial charge in [0.15, 0.2) is 0 Å². The van der Waals surface area contributed by atoms with Gasteiger partial charge in [-0.25, -0.2) is 0 Å². The van der Waals surface area contributed by atoms with E-state index in [1.54, 1.807) is 12.4 Å². The number of amides is 1. The highest BCUT2D eigenvalue weighted by molar-refractivity contribution is 9.10. The summed E-state index contributed by atoms with van der Waals surface area (Å²) < 4.78 is 0.932. The first-order valence-corrected chi connectivity index (χ1v) is 7.08. The van der Waals surface area contributed by atoms with Crippen LogP contribution in [0.4, 0.5) is 11.4 Å². The Balaban J connectivity index is 2.12. The summed E-state index contributed by atoms with van der Waals surface area (Å²) >= 11 is 3.40. The van der Waals surface area contributed by atoms with Crippen LogP contribution in [0.3, 0.4) is 0 Å². The number of nitrogens with zero attached hydrogens (tertiary/aromatic N) is 1. The fraction of sp³-hybridized carbons (Fsp3) is 0.200. The quantitative estimate of drug-likeness (QED) is 0.889. The summed E-state index contributed by atoms with van der Waals surface area (Å²) in [6.45, 7) is 3.56. The summed E-state index contributed by atoms with van der Waals surface area (Å²) in [5.41, 5.74) is 2.84. The Kier molecular flexibility index (Phi) is 4.74. The standard InChI is InChI=1S/C15H16BrN3O/c1-10(18-15-7-13(16)8-17-9-15)12-4-3-5-14(6-12)19-11(2)20/h3-10,18H,1-2H3,(H,19,20). The van der Waals surface area contributed by atoms with E-state index in [2.05, 4.69) is 38.5 Å². The predicted octanol–water partition coefficient (Wildman–Crippen LogP) is 3.98. The zero-order valence-corrected chi connectivity index (χ0v) is 12.9. The third-order valence-electron chi connectivity index (χ3n) is 2.80. The van der Waals surface area contributed by atoms with Crippen LogP contribution < -0.4 is 10.6 Å². The predicted molar refractivity (Wildman–Crippen MR) is 84.7 cm³/mol. The maximum absolute atomic E-state index is 11.1. The fourth-order valence-corrected chi connectivity index (χ4v) is 2.28. The molecule has 0 saturated carbocycles. The van der Waals surface area contributed by atoms with E-state index in [1.165, 1.54) is 6.92 Å². The third kappa shape index (κ3) is 4.06. The summed E-state index contributed by atoms with van der Waals surface area (Å²) in [6, 6.07) is 9.87. The van der Waals surface area contributed by atoms with Crippen LogP contribution in [0.5, 0.6) is 0 Å². The molecule has 1 atom stereocenters. The Morgan fingerprint density at radius 2 is 2.05 bits per heavy atom. The van der Waals surface area contributed by atoms with Crippen molar-refractivity contribution in [3.05, 3.63) is 52.8 Å². The summed E-state index contributed by atoms with van der Waals surface area (Å²) in [5.74, 6) is -0.0704. The normalized spacial score (nSPS) is 11.8. The summed E-state index contributed by atoms with van der Waals surface area (Å²) in [4.78, 5) is 15.2. The van der Waals surface area contributed by atoms with Crippen molar-refractivity contribution in [3.8, 4) is 0 Å². The van der Waals surface area contributed by atoms with Gasteiger partial charge in [-0.05, 0) is 46.6 Å². The van der Waals surface area contributed by atoms with Gasteiger partial charge in [0.1, 0.15) is 0 Å². The van der Waals surface area contributed by atoms with E-state index in [9.17, 15) is 4.79 Å². The van der Waals surface area contributed by atoms with Gasteiger partial charge < -0.3 is 10.6 Å². The van der Waals surface area contributed by atoms with Crippen LogP contribution in [-0.2, 0) is 4.79 Å². The molecule has 0 aliphatic carbocycles. The first-order valence-electron chi connectivity index (χ1n) is 6.29. The van der Waals surface area contributed by atoms with Crippen molar-refractivity contribution in [2.45, 2.75) is 19.9 Å². The topological polar surface area (TPSA) is 54.0 Å². The van der Waals surface area contributed by atoms with Crippen LogP contribution >= 0.6 is 15.9 Å². The minimum Gasteiger partial charge on any atom is -0.377 e. The van der Waals surface area contributed by atoms with E-state index in [0.717, 1.165) is 21.4 Å². The molecule has 1 aromatic heterocycles. The number of carbonyl (C=O) groups is 1. The van der Waals surface area contributed by atoms with Crippen molar-refractivity contribution in [1.29, 1.82) is 0 Å². The number of anilines is 2. The highest BCUT2D eigenvalue weighted by Gasteiger charge is 2.07. The highest BCUT2D eigenvalue weighted by atomic mass is 79.9. The molecule has 1 amide bonds. The molecule has 2 N–H and O–H groups in total. The lowest BCUT2D eigenvalue weighted by atomic mass is 10.1. The molecule has 5 heteroatoms. The third-order valence-corrected chi connectivity index (χ3v) is 3.23. The van der Waals surface area contributed by atoms with Crippen LogP contribution in [0.2, 0.25) is 0 Å². The number of carbonyl (C=O) groups excluding carboxylic acids is 1. The zero-order chi connectivity index (χ0) is 14.5. The van der Waals surface area contributed by atoms with E-state index in [0.29, 0.717) is 0 Å². The van der Waals surface area contributed by atoms with E-state index in [4.69, 9.17) is 0 Å². The van der Waals surface area contributed by atoms with Crippen molar-refractivity contribution in [3.63, 3.8) is 0 Å². The van der Waals surface area contributed by atoms with Crippen molar-refractivity contribution < 1.29 is 4.79 Å². The Hall–Kier alpha value is -1.88. The van der Waals surface area contributed by atoms with Gasteiger partial charge >= 0.3 is 0 Å². The first-order chi connectivity index (χ1) is 9.54. The highest BCUT2D eigenvalue weighted by Crippen LogP contribution is 2.23. The largest absolute Gasteiger partial charge is 0.377 e. The monoisotopic (exact) mass is 333 g/mol. The maximum Gasteiger partial charge on any atom is 0.221 e. The van der Waals surface area contributed by atoms with Gasteiger partial charge in [0.05, 0.1) is 11.9 Å². The molecule has 1 aromatic carbocycles. The molecule has 1 unspecified atom stereocenters. The molecular weight excluding hydrogens is 318 g/mol. The number of rotatable bonds is 4. The smallest absolute Gasteiger partial charge is 0.221 e. The number of pyridine rings is 1. The van der Waals surface area contributed by atoms with Crippen molar-refractivity contribution in [2.24, 2.45) is 0 Å². The fourth-order valence-electron chi connectivity index (χ4n) is 1.91. The lowest BCUT2D eigenvalue weighted by molar-refractivity contribution is -0.114. The molecule has 2 rings (SSSR count). The van der Waals surface area contributed by atoms with Gasteiger partial charge in [-0.2, -0.15) is 0 Å². The number of aromatic nitrogens is 1. The van der Waals surface area contributed by atoms with Crippen LogP contribution in [0.25, 0.3) is 0 Å². The molecule has 4 nitrogen and oxygen atoms in total. The second-order valence-electron chi connectivity index (χ2n) is 4.56. The second kappa shape index (κ2) is 6.52. The summed E-state index contributed by atoms with van der Waals surface area (Å²) in [5, 5.41) is 6.16. The molecular formula is C15H16BrN3O. The number of halogens is 1. The van der Waals surface area contributed by atoms with Crippen LogP contribution in [0.15, 0.2) is 47.2 Å². The van der Waals surface area contributed by atoms with Gasteiger partial charge in [0.25, 0.3) is 0 Å². The maximum atomic E-state index is 11.1. The Morgan fingerprint density at radius 1 is 1.25 bits per heavy atom. The van der Waals surface area contributed by atoms with Gasteiger partial charge in [-0.15, -0.1) is 0 Å². The van der Waals surface area contributed by atoms with E-state index < -0.39 is 0 Å². The Labute approximate surface area is 126 Å². The van der Waals surface area contributed by atoms with Crippen molar-refractivity contribution in [2.75, 3.05) is 10.6 Å². The van der Waals surface area contributed by atoms with Crippen molar-refractivity contribution >= 4 is 33.2 Å². The zero-order valence-electron chi connectivity index (χ0n) is 11.4. The van der Waals surface area contributed by atoms with Crippen molar-refractivity contribution in [1.82, 2.24) is 4.98 Å². The number of hydrogen-bond acceptors (Lipinski definition) is 3. The molecule has 0 radical (unpaired) electrons. The Morgan fingerprint density at radius 3 is 2.75 bits per heavy atom. The first kappa shape index (κ1) is 14.5. The lowest BCUT2D eigenvalue weighted by Gasteiger charge is -2.16. The molecule has 1 heterocycles. The minimum atomic E-state index is -0.0704. The van der Waals surface area contributed by atoms with E-state index >= 15 is 0 Å². The molecule has 0 aliphatic heterocycles. The molecule has 0 spiro atoms. The minimum absolute atomic E-state index is 0.0704. The van der Waals surface area contributed by atoms with Gasteiger partial charge in [0, 0.05) is 29.3 Å². The molecule has 0 bridgehead atoms. The van der Waals surface area contributed by atoms with Gasteiger partial charge in [-0.1, -0.05) is 12.1 Å². The average molecular weight is 334 g/mol. The number of benzene rings is 1. The molecule has 20 heavy (non-hydrogen) atoms. The Bertz CT molecular complexity index is 616. The molecule has 2 aromatic rings. The number of hydrogen-bond donors (Lipinski definition) is 2. The van der Waals surface area contributed by atoms with Crippen LogP contribution in [-0.4, -0.2) is 10.9 Å². The van der Waals surface area contributed by atoms with Gasteiger partial charge in [0.2, 0.25) is 5.91 Å². The van der Waals surface area contributed by atoms with Crippen LogP contribution in [0.1, 0.15) is 25.5 Å². The molecule has 0 saturated heterocycles. The molecule has 104 valence electrons.